The van der Waals surface area contributed by atoms with E-state index in [2.05, 4.69) is 15.5 Å². The lowest BCUT2D eigenvalue weighted by molar-refractivity contribution is -0.132. The first-order valence-electron chi connectivity index (χ1n) is 9.30. The van der Waals surface area contributed by atoms with Crippen LogP contribution in [-0.2, 0) is 11.3 Å². The van der Waals surface area contributed by atoms with Crippen LogP contribution in [0.4, 0.5) is 0 Å². The second-order valence-corrected chi connectivity index (χ2v) is 7.12. The van der Waals surface area contributed by atoms with Gasteiger partial charge >= 0.3 is 0 Å². The fourth-order valence-electron chi connectivity index (χ4n) is 2.94. The second kappa shape index (κ2) is 8.48. The fraction of sp³-hybridized carbons (Fsp3) is 0.300. The molecule has 4 rings (SSSR count). The van der Waals surface area contributed by atoms with Crippen LogP contribution in [0, 0.1) is 0 Å². The summed E-state index contributed by atoms with van der Waals surface area (Å²) in [7, 11) is 0. The van der Waals surface area contributed by atoms with Gasteiger partial charge in [0.2, 0.25) is 17.7 Å². The Morgan fingerprint density at radius 2 is 2.00 bits per heavy atom. The average Bonchev–Trinajstić information content (AvgIpc) is 3.21. The zero-order valence-electron chi connectivity index (χ0n) is 15.5. The number of benzene rings is 1. The first-order chi connectivity index (χ1) is 14.1. The maximum atomic E-state index is 12.7. The molecule has 1 N–H and O–H groups in total. The minimum atomic E-state index is -0.345. The largest absolute Gasteiger partial charge is 0.459 e. The van der Waals surface area contributed by atoms with E-state index < -0.39 is 0 Å². The SMILES string of the molecule is O=C(NCCC(=O)N(Cc1nnc(-c2ccccc2Cl)o1)C1CC1)c1ccco1. The topological polar surface area (TPSA) is 101 Å². The molecule has 3 aromatic rings. The van der Waals surface area contributed by atoms with Crippen LogP contribution in [0.3, 0.4) is 0 Å². The predicted molar refractivity (Wildman–Crippen MR) is 104 cm³/mol. The van der Waals surface area contributed by atoms with Crippen molar-refractivity contribution >= 4 is 23.4 Å². The summed E-state index contributed by atoms with van der Waals surface area (Å²) in [6, 6.07) is 10.6. The highest BCUT2D eigenvalue weighted by atomic mass is 35.5. The molecule has 1 aliphatic rings. The molecule has 2 amide bonds. The van der Waals surface area contributed by atoms with Gasteiger partial charge in [-0.25, -0.2) is 0 Å². The van der Waals surface area contributed by atoms with E-state index in [1.807, 2.05) is 12.1 Å². The van der Waals surface area contributed by atoms with Crippen LogP contribution in [0.15, 0.2) is 51.5 Å². The van der Waals surface area contributed by atoms with E-state index in [-0.39, 0.29) is 43.1 Å². The number of nitrogens with zero attached hydrogens (tertiary/aromatic N) is 3. The molecule has 0 unspecified atom stereocenters. The van der Waals surface area contributed by atoms with Gasteiger partial charge in [0, 0.05) is 19.0 Å². The van der Waals surface area contributed by atoms with E-state index in [9.17, 15) is 9.59 Å². The Kier molecular flexibility index (Phi) is 5.62. The third-order valence-electron chi connectivity index (χ3n) is 4.55. The fourth-order valence-corrected chi connectivity index (χ4v) is 3.15. The van der Waals surface area contributed by atoms with Gasteiger partial charge in [0.25, 0.3) is 5.91 Å². The van der Waals surface area contributed by atoms with Crippen LogP contribution in [0.25, 0.3) is 11.5 Å². The molecule has 0 aliphatic heterocycles. The number of halogens is 1. The Labute approximate surface area is 171 Å². The molecule has 0 bridgehead atoms. The Hall–Kier alpha value is -3.13. The quantitative estimate of drug-likeness (QED) is 0.606. The van der Waals surface area contributed by atoms with Crippen molar-refractivity contribution < 1.29 is 18.4 Å². The number of carbonyl (C=O) groups is 2. The Morgan fingerprint density at radius 3 is 2.72 bits per heavy atom. The number of hydrogen-bond donors (Lipinski definition) is 1. The van der Waals surface area contributed by atoms with Gasteiger partial charge in [-0.05, 0) is 37.1 Å². The van der Waals surface area contributed by atoms with Crippen molar-refractivity contribution in [1.29, 1.82) is 0 Å². The number of nitrogens with one attached hydrogen (secondary N) is 1. The molecule has 0 radical (unpaired) electrons. The number of aromatic nitrogens is 2. The minimum absolute atomic E-state index is 0.0789. The van der Waals surface area contributed by atoms with E-state index in [4.69, 9.17) is 20.4 Å². The summed E-state index contributed by atoms with van der Waals surface area (Å²) < 4.78 is 10.7. The lowest BCUT2D eigenvalue weighted by Gasteiger charge is -2.20. The number of rotatable bonds is 8. The normalized spacial score (nSPS) is 13.3. The van der Waals surface area contributed by atoms with Gasteiger partial charge in [0.1, 0.15) is 0 Å². The molecular formula is C20H19ClN4O4. The molecule has 0 atom stereocenters. The van der Waals surface area contributed by atoms with Crippen molar-refractivity contribution in [3.8, 4) is 11.5 Å². The van der Waals surface area contributed by atoms with E-state index in [0.717, 1.165) is 12.8 Å². The highest BCUT2D eigenvalue weighted by Gasteiger charge is 2.33. The molecule has 2 heterocycles. The van der Waals surface area contributed by atoms with Crippen LogP contribution < -0.4 is 5.32 Å². The Morgan fingerprint density at radius 1 is 1.17 bits per heavy atom. The first-order valence-corrected chi connectivity index (χ1v) is 9.68. The van der Waals surface area contributed by atoms with Crippen LogP contribution in [0.2, 0.25) is 5.02 Å². The Bertz CT molecular complexity index is 998. The monoisotopic (exact) mass is 414 g/mol. The molecule has 9 heteroatoms. The van der Waals surface area contributed by atoms with Gasteiger partial charge in [0.05, 0.1) is 23.4 Å². The van der Waals surface area contributed by atoms with Crippen LogP contribution in [0.5, 0.6) is 0 Å². The van der Waals surface area contributed by atoms with Gasteiger partial charge in [0.15, 0.2) is 5.76 Å². The molecule has 0 spiro atoms. The molecule has 150 valence electrons. The van der Waals surface area contributed by atoms with Crippen LogP contribution in [-0.4, -0.2) is 39.5 Å². The molecule has 1 aromatic carbocycles. The van der Waals surface area contributed by atoms with E-state index in [1.165, 1.54) is 6.26 Å². The van der Waals surface area contributed by atoms with E-state index in [0.29, 0.717) is 22.4 Å². The standard InChI is InChI=1S/C20H19ClN4O4/c21-15-5-2-1-4-14(15)20-24-23-17(29-20)12-25(13-7-8-13)18(26)9-10-22-19(27)16-6-3-11-28-16/h1-6,11,13H,7-10,12H2,(H,22,27). The van der Waals surface area contributed by atoms with E-state index >= 15 is 0 Å². The maximum absolute atomic E-state index is 12.7. The molecule has 2 aromatic heterocycles. The van der Waals surface area contributed by atoms with Gasteiger partial charge in [-0.2, -0.15) is 0 Å². The highest BCUT2D eigenvalue weighted by Crippen LogP contribution is 2.30. The van der Waals surface area contributed by atoms with Gasteiger partial charge < -0.3 is 19.1 Å². The van der Waals surface area contributed by atoms with Crippen LogP contribution in [0.1, 0.15) is 35.7 Å². The summed E-state index contributed by atoms with van der Waals surface area (Å²) in [6.45, 7) is 0.448. The average molecular weight is 415 g/mol. The van der Waals surface area contributed by atoms with Crippen molar-refractivity contribution in [2.24, 2.45) is 0 Å². The smallest absolute Gasteiger partial charge is 0.286 e. The third kappa shape index (κ3) is 4.65. The minimum Gasteiger partial charge on any atom is -0.459 e. The van der Waals surface area contributed by atoms with Crippen molar-refractivity contribution in [2.45, 2.75) is 31.8 Å². The summed E-state index contributed by atoms with van der Waals surface area (Å²) in [6.07, 6.45) is 3.48. The van der Waals surface area contributed by atoms with Crippen molar-refractivity contribution in [3.05, 3.63) is 59.3 Å². The zero-order valence-corrected chi connectivity index (χ0v) is 16.3. The first kappa shape index (κ1) is 19.2. The number of amides is 2. The van der Waals surface area contributed by atoms with Crippen LogP contribution >= 0.6 is 11.6 Å². The van der Waals surface area contributed by atoms with E-state index in [1.54, 1.807) is 29.2 Å². The Balaban J connectivity index is 1.35. The molecular weight excluding hydrogens is 396 g/mol. The van der Waals surface area contributed by atoms with Gasteiger partial charge in [-0.1, -0.05) is 23.7 Å². The predicted octanol–water partition coefficient (Wildman–Crippen LogP) is 3.29. The maximum Gasteiger partial charge on any atom is 0.286 e. The second-order valence-electron chi connectivity index (χ2n) is 6.72. The molecule has 1 fully saturated rings. The van der Waals surface area contributed by atoms with Crippen molar-refractivity contribution in [1.82, 2.24) is 20.4 Å². The summed E-state index contributed by atoms with van der Waals surface area (Å²) in [5, 5.41) is 11.3. The number of furan rings is 1. The third-order valence-corrected chi connectivity index (χ3v) is 4.88. The highest BCUT2D eigenvalue weighted by molar-refractivity contribution is 6.33. The molecule has 29 heavy (non-hydrogen) atoms. The molecule has 0 saturated heterocycles. The van der Waals surface area contributed by atoms with Crippen molar-refractivity contribution in [2.75, 3.05) is 6.54 Å². The zero-order chi connectivity index (χ0) is 20.2. The van der Waals surface area contributed by atoms with Gasteiger partial charge in [-0.15, -0.1) is 10.2 Å². The summed E-state index contributed by atoms with van der Waals surface area (Å²) >= 11 is 6.17. The molecule has 8 nitrogen and oxygen atoms in total. The molecule has 1 aliphatic carbocycles. The van der Waals surface area contributed by atoms with Gasteiger partial charge in [-0.3, -0.25) is 9.59 Å². The lowest BCUT2D eigenvalue weighted by atomic mass is 10.2. The summed E-state index contributed by atoms with van der Waals surface area (Å²) in [5.74, 6) is 0.459. The lowest BCUT2D eigenvalue weighted by Crippen LogP contribution is -2.35. The van der Waals surface area contributed by atoms with Crippen molar-refractivity contribution in [3.63, 3.8) is 0 Å². The number of carbonyl (C=O) groups excluding carboxylic acids is 2. The summed E-state index contributed by atoms with van der Waals surface area (Å²) in [5.41, 5.74) is 0.651. The summed E-state index contributed by atoms with van der Waals surface area (Å²) in [4.78, 5) is 26.3. The number of hydrogen-bond acceptors (Lipinski definition) is 6. The molecule has 1 saturated carbocycles.